The largest absolute Gasteiger partial charge is 0.383 e. The quantitative estimate of drug-likeness (QED) is 0.593. The van der Waals surface area contributed by atoms with E-state index in [4.69, 9.17) is 17.3 Å². The third kappa shape index (κ3) is 5.17. The lowest BCUT2D eigenvalue weighted by Gasteiger charge is -2.37. The predicted octanol–water partition coefficient (Wildman–Crippen LogP) is 3.72. The molecule has 0 atom stereocenters. The number of carbonyl (C=O) groups excluding carboxylic acids is 1. The molecule has 0 unspecified atom stereocenters. The van der Waals surface area contributed by atoms with Gasteiger partial charge in [-0.25, -0.2) is 9.37 Å². The first kappa shape index (κ1) is 22.8. The van der Waals surface area contributed by atoms with Crippen LogP contribution in [0.5, 0.6) is 0 Å². The summed E-state index contributed by atoms with van der Waals surface area (Å²) in [6.45, 7) is 7.60. The third-order valence-electron chi connectivity index (χ3n) is 5.74. The van der Waals surface area contributed by atoms with Gasteiger partial charge in [0.15, 0.2) is 0 Å². The van der Waals surface area contributed by atoms with E-state index in [1.807, 2.05) is 0 Å². The van der Waals surface area contributed by atoms with Crippen molar-refractivity contribution in [3.63, 3.8) is 0 Å². The van der Waals surface area contributed by atoms with Crippen LogP contribution in [-0.4, -0.2) is 42.1 Å². The highest BCUT2D eigenvalue weighted by Gasteiger charge is 2.22. The Morgan fingerprint density at radius 2 is 1.85 bits per heavy atom. The molecule has 33 heavy (non-hydrogen) atoms. The first-order chi connectivity index (χ1) is 15.8. The van der Waals surface area contributed by atoms with Crippen molar-refractivity contribution in [2.45, 2.75) is 20.4 Å². The van der Waals surface area contributed by atoms with Crippen LogP contribution in [0.4, 0.5) is 21.8 Å². The van der Waals surface area contributed by atoms with Crippen molar-refractivity contribution in [1.29, 1.82) is 0 Å². The highest BCUT2D eigenvalue weighted by molar-refractivity contribution is 6.30. The monoisotopic (exact) mass is 468 g/mol. The second-order valence-electron chi connectivity index (χ2n) is 8.16. The molecule has 3 aromatic rings. The molecule has 1 aromatic heterocycles. The van der Waals surface area contributed by atoms with Gasteiger partial charge in [-0.3, -0.25) is 4.79 Å². The molecule has 3 N–H and O–H groups in total. The van der Waals surface area contributed by atoms with Crippen LogP contribution in [0.25, 0.3) is 0 Å². The summed E-state index contributed by atoms with van der Waals surface area (Å²) in [6.07, 6.45) is 1.45. The van der Waals surface area contributed by atoms with Gasteiger partial charge in [0.05, 0.1) is 10.6 Å². The molecule has 172 valence electrons. The van der Waals surface area contributed by atoms with Crippen molar-refractivity contribution in [2.75, 3.05) is 41.7 Å². The fraction of sp³-hybridized carbons (Fsp3) is 0.292. The molecule has 1 aliphatic rings. The number of amides is 1. The maximum absolute atomic E-state index is 13.3. The van der Waals surface area contributed by atoms with E-state index in [2.05, 4.69) is 57.1 Å². The van der Waals surface area contributed by atoms with Gasteiger partial charge in [0.1, 0.15) is 11.6 Å². The summed E-state index contributed by atoms with van der Waals surface area (Å²) in [5.41, 5.74) is 10.7. The second-order valence-corrected chi connectivity index (χ2v) is 8.57. The zero-order valence-electron chi connectivity index (χ0n) is 18.6. The van der Waals surface area contributed by atoms with Gasteiger partial charge < -0.3 is 20.9 Å². The minimum atomic E-state index is -0.505. The smallest absolute Gasteiger partial charge is 0.256 e. The lowest BCUT2D eigenvalue weighted by atomic mass is 10.1. The Balaban J connectivity index is 1.37. The third-order valence-corrected chi connectivity index (χ3v) is 6.03. The average molecular weight is 469 g/mol. The normalized spacial score (nSPS) is 13.8. The molecular weight excluding hydrogens is 443 g/mol. The SMILES string of the molecule is Cc1ccc(N2CCN(c3ncc(C(=O)NCc4ccc(F)c(Cl)c4)c(N)n3)CC2)c(C)c1. The molecule has 4 rings (SSSR count). The Kier molecular flexibility index (Phi) is 6.65. The van der Waals surface area contributed by atoms with E-state index in [0.717, 1.165) is 26.2 Å². The van der Waals surface area contributed by atoms with Gasteiger partial charge in [-0.2, -0.15) is 4.98 Å². The van der Waals surface area contributed by atoms with Gasteiger partial charge in [-0.05, 0) is 43.2 Å². The number of aryl methyl sites for hydroxylation is 2. The summed E-state index contributed by atoms with van der Waals surface area (Å²) >= 11 is 5.78. The Morgan fingerprint density at radius 1 is 1.12 bits per heavy atom. The number of nitrogens with one attached hydrogen (secondary N) is 1. The van der Waals surface area contributed by atoms with Crippen molar-refractivity contribution in [2.24, 2.45) is 0 Å². The highest BCUT2D eigenvalue weighted by Crippen LogP contribution is 2.24. The van der Waals surface area contributed by atoms with Crippen LogP contribution >= 0.6 is 11.6 Å². The Hall–Kier alpha value is -3.39. The van der Waals surface area contributed by atoms with Crippen molar-refractivity contribution < 1.29 is 9.18 Å². The molecule has 1 saturated heterocycles. The van der Waals surface area contributed by atoms with Crippen LogP contribution in [-0.2, 0) is 6.54 Å². The molecule has 0 aliphatic carbocycles. The minimum absolute atomic E-state index is 0.00610. The molecule has 0 radical (unpaired) electrons. The van der Waals surface area contributed by atoms with Crippen LogP contribution in [0.2, 0.25) is 5.02 Å². The van der Waals surface area contributed by atoms with E-state index in [9.17, 15) is 9.18 Å². The number of aromatic nitrogens is 2. The Morgan fingerprint density at radius 3 is 2.52 bits per heavy atom. The van der Waals surface area contributed by atoms with Crippen LogP contribution in [0.3, 0.4) is 0 Å². The summed E-state index contributed by atoms with van der Waals surface area (Å²) in [7, 11) is 0. The van der Waals surface area contributed by atoms with E-state index in [-0.39, 0.29) is 22.9 Å². The Bertz CT molecular complexity index is 1180. The number of rotatable bonds is 5. The summed E-state index contributed by atoms with van der Waals surface area (Å²) in [5.74, 6) is -0.282. The van der Waals surface area contributed by atoms with Crippen LogP contribution in [0.15, 0.2) is 42.6 Å². The van der Waals surface area contributed by atoms with E-state index >= 15 is 0 Å². The Labute approximate surface area is 197 Å². The number of carbonyl (C=O) groups is 1. The van der Waals surface area contributed by atoms with Gasteiger partial charge >= 0.3 is 0 Å². The van der Waals surface area contributed by atoms with Crippen LogP contribution < -0.4 is 20.9 Å². The number of piperazine rings is 1. The van der Waals surface area contributed by atoms with Gasteiger partial charge in [0, 0.05) is 44.6 Å². The molecule has 1 fully saturated rings. The number of halogens is 2. The zero-order chi connectivity index (χ0) is 23.5. The van der Waals surface area contributed by atoms with Gasteiger partial charge in [0.25, 0.3) is 5.91 Å². The van der Waals surface area contributed by atoms with Crippen LogP contribution in [0, 0.1) is 19.7 Å². The maximum atomic E-state index is 13.3. The highest BCUT2D eigenvalue weighted by atomic mass is 35.5. The summed E-state index contributed by atoms with van der Waals surface area (Å²) in [5, 5.41) is 2.74. The fourth-order valence-corrected chi connectivity index (χ4v) is 4.15. The second kappa shape index (κ2) is 9.62. The average Bonchev–Trinajstić information content (AvgIpc) is 2.80. The molecule has 1 aliphatic heterocycles. The molecule has 7 nitrogen and oxygen atoms in total. The molecule has 0 bridgehead atoms. The maximum Gasteiger partial charge on any atom is 0.256 e. The topological polar surface area (TPSA) is 87.4 Å². The predicted molar refractivity (Wildman–Crippen MR) is 129 cm³/mol. The fourth-order valence-electron chi connectivity index (χ4n) is 3.95. The van der Waals surface area contributed by atoms with Crippen molar-refractivity contribution >= 4 is 35.0 Å². The summed E-state index contributed by atoms with van der Waals surface area (Å²) < 4.78 is 13.3. The van der Waals surface area contributed by atoms with E-state index in [1.165, 1.54) is 35.1 Å². The van der Waals surface area contributed by atoms with E-state index in [0.29, 0.717) is 11.5 Å². The molecular formula is C24H26ClFN6O. The van der Waals surface area contributed by atoms with E-state index in [1.54, 1.807) is 6.07 Å². The minimum Gasteiger partial charge on any atom is -0.383 e. The number of benzene rings is 2. The molecule has 9 heteroatoms. The van der Waals surface area contributed by atoms with Crippen molar-refractivity contribution in [3.8, 4) is 0 Å². The molecule has 1 amide bonds. The molecule has 0 spiro atoms. The zero-order valence-corrected chi connectivity index (χ0v) is 19.4. The number of nitrogens with two attached hydrogens (primary N) is 1. The number of nitrogens with zero attached hydrogens (tertiary/aromatic N) is 4. The first-order valence-corrected chi connectivity index (χ1v) is 11.1. The first-order valence-electron chi connectivity index (χ1n) is 10.7. The van der Waals surface area contributed by atoms with Gasteiger partial charge in [-0.1, -0.05) is 35.4 Å². The number of anilines is 3. The molecule has 0 saturated carbocycles. The standard InChI is InChI=1S/C24H26ClFN6O/c1-15-3-6-21(16(2)11-15)31-7-9-32(10-8-31)24-29-14-18(22(27)30-24)23(33)28-13-17-4-5-20(26)19(25)12-17/h3-6,11-12,14H,7-10,13H2,1-2H3,(H,28,33)(H2,27,29,30). The van der Waals surface area contributed by atoms with E-state index < -0.39 is 11.7 Å². The number of hydrogen-bond acceptors (Lipinski definition) is 6. The van der Waals surface area contributed by atoms with Crippen molar-refractivity contribution in [1.82, 2.24) is 15.3 Å². The van der Waals surface area contributed by atoms with Crippen LogP contribution in [0.1, 0.15) is 27.0 Å². The van der Waals surface area contributed by atoms with Gasteiger partial charge in [-0.15, -0.1) is 0 Å². The summed E-state index contributed by atoms with van der Waals surface area (Å²) in [6, 6.07) is 10.8. The lowest BCUT2D eigenvalue weighted by molar-refractivity contribution is 0.0951. The van der Waals surface area contributed by atoms with Crippen molar-refractivity contribution in [3.05, 3.63) is 75.7 Å². The summed E-state index contributed by atoms with van der Waals surface area (Å²) in [4.78, 5) is 25.7. The number of nitrogen functional groups attached to an aromatic ring is 1. The van der Waals surface area contributed by atoms with Gasteiger partial charge in [0.2, 0.25) is 5.95 Å². The lowest BCUT2D eigenvalue weighted by Crippen LogP contribution is -2.47. The molecule has 2 aromatic carbocycles. The number of hydrogen-bond donors (Lipinski definition) is 2. The molecule has 2 heterocycles.